The second-order valence-electron chi connectivity index (χ2n) is 3.81. The first-order chi connectivity index (χ1) is 7.70. The third-order valence-corrected chi connectivity index (χ3v) is 3.74. The van der Waals surface area contributed by atoms with Crippen LogP contribution in [-0.2, 0) is 6.54 Å². The predicted octanol–water partition coefficient (Wildman–Crippen LogP) is 4.10. The summed E-state index contributed by atoms with van der Waals surface area (Å²) in [6.07, 6.45) is 0. The van der Waals surface area contributed by atoms with Crippen LogP contribution < -0.4 is 5.32 Å². The Bertz CT molecular complexity index is 490. The van der Waals surface area contributed by atoms with Crippen molar-refractivity contribution >= 4 is 22.9 Å². The summed E-state index contributed by atoms with van der Waals surface area (Å²) in [6.45, 7) is 3.02. The van der Waals surface area contributed by atoms with Crippen molar-refractivity contribution in [3.05, 3.63) is 45.8 Å². The van der Waals surface area contributed by atoms with Crippen molar-refractivity contribution in [2.75, 3.05) is 7.05 Å². The molecule has 0 aliphatic rings. The zero-order valence-corrected chi connectivity index (χ0v) is 11.0. The van der Waals surface area contributed by atoms with Crippen molar-refractivity contribution in [3.63, 3.8) is 0 Å². The Balaban J connectivity index is 2.35. The van der Waals surface area contributed by atoms with Gasteiger partial charge in [0.05, 0.1) is 0 Å². The lowest BCUT2D eigenvalue weighted by Gasteiger charge is -2.03. The minimum absolute atomic E-state index is 0.799. The highest BCUT2D eigenvalue weighted by Crippen LogP contribution is 2.31. The number of thiophene rings is 1. The largest absolute Gasteiger partial charge is 0.316 e. The van der Waals surface area contributed by atoms with Crippen LogP contribution in [0.25, 0.3) is 10.4 Å². The first kappa shape index (κ1) is 11.6. The summed E-state index contributed by atoms with van der Waals surface area (Å²) in [6, 6.07) is 8.28. The molecule has 0 aliphatic carbocycles. The summed E-state index contributed by atoms with van der Waals surface area (Å²) < 4.78 is 0. The van der Waals surface area contributed by atoms with Crippen molar-refractivity contribution in [1.29, 1.82) is 0 Å². The van der Waals surface area contributed by atoms with Gasteiger partial charge in [-0.05, 0) is 54.2 Å². The average molecular weight is 252 g/mol. The second-order valence-corrected chi connectivity index (χ2v) is 5.16. The van der Waals surface area contributed by atoms with Crippen molar-refractivity contribution in [1.82, 2.24) is 5.32 Å². The Morgan fingerprint density at radius 3 is 2.81 bits per heavy atom. The maximum Gasteiger partial charge on any atom is 0.0409 e. The molecule has 1 aromatic heterocycles. The van der Waals surface area contributed by atoms with E-state index in [2.05, 4.69) is 29.8 Å². The van der Waals surface area contributed by atoms with Gasteiger partial charge in [0.1, 0.15) is 0 Å². The van der Waals surface area contributed by atoms with Crippen LogP contribution >= 0.6 is 22.9 Å². The van der Waals surface area contributed by atoms with Gasteiger partial charge >= 0.3 is 0 Å². The first-order valence-corrected chi connectivity index (χ1v) is 6.45. The molecule has 0 saturated heterocycles. The molecule has 0 aliphatic heterocycles. The van der Waals surface area contributed by atoms with Crippen LogP contribution in [0.4, 0.5) is 0 Å². The summed E-state index contributed by atoms with van der Waals surface area (Å²) in [4.78, 5) is 1.31. The molecular weight excluding hydrogens is 238 g/mol. The van der Waals surface area contributed by atoms with E-state index in [9.17, 15) is 0 Å². The summed E-state index contributed by atoms with van der Waals surface area (Å²) in [7, 11) is 1.96. The number of hydrogen-bond donors (Lipinski definition) is 1. The van der Waals surface area contributed by atoms with E-state index >= 15 is 0 Å². The second kappa shape index (κ2) is 5.00. The normalized spacial score (nSPS) is 10.7. The van der Waals surface area contributed by atoms with Crippen molar-refractivity contribution in [2.45, 2.75) is 13.5 Å². The highest BCUT2D eigenvalue weighted by atomic mass is 35.5. The van der Waals surface area contributed by atoms with E-state index in [0.717, 1.165) is 11.6 Å². The molecule has 0 atom stereocenters. The molecule has 0 amide bonds. The molecule has 0 bridgehead atoms. The van der Waals surface area contributed by atoms with Gasteiger partial charge in [0.25, 0.3) is 0 Å². The van der Waals surface area contributed by atoms with E-state index in [4.69, 9.17) is 11.6 Å². The first-order valence-electron chi connectivity index (χ1n) is 5.19. The molecule has 0 radical (unpaired) electrons. The topological polar surface area (TPSA) is 12.0 Å². The minimum Gasteiger partial charge on any atom is -0.316 e. The van der Waals surface area contributed by atoms with E-state index in [0.29, 0.717) is 0 Å². The lowest BCUT2D eigenvalue weighted by atomic mass is 10.1. The molecule has 1 nitrogen and oxygen atoms in total. The lowest BCUT2D eigenvalue weighted by Crippen LogP contribution is -2.03. The van der Waals surface area contributed by atoms with Crippen LogP contribution in [-0.4, -0.2) is 7.05 Å². The summed E-state index contributed by atoms with van der Waals surface area (Å²) in [5.74, 6) is 0. The number of hydrogen-bond acceptors (Lipinski definition) is 2. The van der Waals surface area contributed by atoms with Crippen molar-refractivity contribution in [3.8, 4) is 10.4 Å². The van der Waals surface area contributed by atoms with Gasteiger partial charge < -0.3 is 5.32 Å². The zero-order chi connectivity index (χ0) is 11.5. The van der Waals surface area contributed by atoms with Crippen LogP contribution in [0.3, 0.4) is 0 Å². The number of rotatable bonds is 3. The van der Waals surface area contributed by atoms with Gasteiger partial charge in [0, 0.05) is 16.4 Å². The minimum atomic E-state index is 0.799. The average Bonchev–Trinajstić information content (AvgIpc) is 2.67. The molecule has 1 aromatic carbocycles. The third-order valence-electron chi connectivity index (χ3n) is 2.49. The Hall–Kier alpha value is -0.830. The van der Waals surface area contributed by atoms with E-state index in [1.807, 2.05) is 19.2 Å². The van der Waals surface area contributed by atoms with Crippen LogP contribution in [0, 0.1) is 6.92 Å². The van der Waals surface area contributed by atoms with Gasteiger partial charge in [0.15, 0.2) is 0 Å². The number of halogens is 1. The summed E-state index contributed by atoms with van der Waals surface area (Å²) in [5.41, 5.74) is 3.83. The van der Waals surface area contributed by atoms with Gasteiger partial charge in [0.2, 0.25) is 0 Å². The molecule has 84 valence electrons. The van der Waals surface area contributed by atoms with E-state index in [-0.39, 0.29) is 0 Å². The molecule has 2 rings (SSSR count). The SMILES string of the molecule is CNCc1csc(-c2ccc(Cl)cc2C)c1. The zero-order valence-electron chi connectivity index (χ0n) is 9.38. The van der Waals surface area contributed by atoms with Crippen LogP contribution in [0.1, 0.15) is 11.1 Å². The molecule has 16 heavy (non-hydrogen) atoms. The lowest BCUT2D eigenvalue weighted by molar-refractivity contribution is 0.821. The fraction of sp³-hybridized carbons (Fsp3) is 0.231. The Kier molecular flexibility index (Phi) is 3.64. The van der Waals surface area contributed by atoms with E-state index in [1.54, 1.807) is 11.3 Å². The highest BCUT2D eigenvalue weighted by molar-refractivity contribution is 7.13. The molecule has 0 spiro atoms. The summed E-state index contributed by atoms with van der Waals surface area (Å²) >= 11 is 7.73. The fourth-order valence-corrected chi connectivity index (χ4v) is 2.95. The van der Waals surface area contributed by atoms with Gasteiger partial charge in [-0.25, -0.2) is 0 Å². The molecule has 3 heteroatoms. The maximum atomic E-state index is 5.95. The van der Waals surface area contributed by atoms with Gasteiger partial charge in [-0.2, -0.15) is 0 Å². The van der Waals surface area contributed by atoms with Gasteiger partial charge in [-0.3, -0.25) is 0 Å². The van der Waals surface area contributed by atoms with Crippen molar-refractivity contribution < 1.29 is 0 Å². The van der Waals surface area contributed by atoms with Gasteiger partial charge in [-0.15, -0.1) is 11.3 Å². The molecule has 1 N–H and O–H groups in total. The molecule has 0 saturated carbocycles. The molecule has 1 heterocycles. The third kappa shape index (κ3) is 2.46. The number of benzene rings is 1. The smallest absolute Gasteiger partial charge is 0.0409 e. The Labute approximate surface area is 105 Å². The fourth-order valence-electron chi connectivity index (χ4n) is 1.72. The van der Waals surface area contributed by atoms with Crippen molar-refractivity contribution in [2.24, 2.45) is 0 Å². The maximum absolute atomic E-state index is 5.95. The van der Waals surface area contributed by atoms with E-state index < -0.39 is 0 Å². The highest BCUT2D eigenvalue weighted by Gasteiger charge is 2.05. The number of aryl methyl sites for hydroxylation is 1. The Morgan fingerprint density at radius 2 is 2.12 bits per heavy atom. The molecule has 2 aromatic rings. The standard InChI is InChI=1S/C13H14ClNS/c1-9-5-11(14)3-4-12(9)13-6-10(7-15-2)8-16-13/h3-6,8,15H,7H2,1-2H3. The van der Waals surface area contributed by atoms with Crippen LogP contribution in [0.15, 0.2) is 29.6 Å². The van der Waals surface area contributed by atoms with Crippen LogP contribution in [0.5, 0.6) is 0 Å². The summed E-state index contributed by atoms with van der Waals surface area (Å²) in [5, 5.41) is 6.15. The monoisotopic (exact) mass is 251 g/mol. The predicted molar refractivity (Wildman–Crippen MR) is 72.3 cm³/mol. The van der Waals surface area contributed by atoms with E-state index in [1.165, 1.54) is 21.6 Å². The molecular formula is C13H14ClNS. The quantitative estimate of drug-likeness (QED) is 0.866. The molecule has 0 fully saturated rings. The van der Waals surface area contributed by atoms with Gasteiger partial charge in [-0.1, -0.05) is 17.7 Å². The molecule has 0 unspecified atom stereocenters. The van der Waals surface area contributed by atoms with Crippen LogP contribution in [0.2, 0.25) is 5.02 Å². The Morgan fingerprint density at radius 1 is 1.31 bits per heavy atom. The number of nitrogens with one attached hydrogen (secondary N) is 1.